The third kappa shape index (κ3) is 3.39. The fourth-order valence-electron chi connectivity index (χ4n) is 2.33. The summed E-state index contributed by atoms with van der Waals surface area (Å²) in [4.78, 5) is 42.6. The molecule has 1 aliphatic heterocycles. The van der Waals surface area contributed by atoms with Crippen molar-refractivity contribution in [1.82, 2.24) is 20.1 Å². The van der Waals surface area contributed by atoms with E-state index in [1.165, 1.54) is 31.5 Å². The molecule has 0 aliphatic carbocycles. The molecule has 8 heteroatoms. The number of nitrogens with one attached hydrogen (secondary N) is 1. The summed E-state index contributed by atoms with van der Waals surface area (Å²) in [5.41, 5.74) is 0. The molecule has 1 aromatic rings. The highest BCUT2D eigenvalue weighted by atomic mass is 16.3. The molecular weight excluding hydrogens is 276 g/mol. The van der Waals surface area contributed by atoms with Gasteiger partial charge < -0.3 is 19.5 Å². The Labute approximate surface area is 122 Å². The Hall–Kier alpha value is -2.38. The lowest BCUT2D eigenvalue weighted by Gasteiger charge is -2.22. The van der Waals surface area contributed by atoms with Gasteiger partial charge in [-0.2, -0.15) is 0 Å². The molecule has 2 rings (SSSR count). The minimum absolute atomic E-state index is 0.113. The first-order valence-corrected chi connectivity index (χ1v) is 6.67. The second kappa shape index (κ2) is 6.38. The number of oxazole rings is 1. The molecule has 1 atom stereocenters. The van der Waals surface area contributed by atoms with E-state index in [-0.39, 0.29) is 30.0 Å². The van der Waals surface area contributed by atoms with Gasteiger partial charge in [0.25, 0.3) is 5.91 Å². The Morgan fingerprint density at radius 1 is 1.29 bits per heavy atom. The van der Waals surface area contributed by atoms with Crippen molar-refractivity contribution in [2.24, 2.45) is 5.92 Å². The first-order valence-electron chi connectivity index (χ1n) is 6.67. The van der Waals surface area contributed by atoms with Gasteiger partial charge >= 0.3 is 0 Å². The first kappa shape index (κ1) is 15.0. The summed E-state index contributed by atoms with van der Waals surface area (Å²) in [5.74, 6) is -0.974. The number of carbonyl (C=O) groups is 3. The van der Waals surface area contributed by atoms with Crippen LogP contribution >= 0.6 is 0 Å². The zero-order valence-electron chi connectivity index (χ0n) is 12.0. The van der Waals surface area contributed by atoms with Crippen molar-refractivity contribution in [2.45, 2.75) is 6.92 Å². The Balaban J connectivity index is 2.17. The molecular formula is C13H18N4O4. The average Bonchev–Trinajstić information content (AvgIpc) is 2.91. The summed E-state index contributed by atoms with van der Waals surface area (Å²) < 4.78 is 5.00. The molecule has 0 unspecified atom stereocenters. The number of carbonyl (C=O) groups excluding carboxylic acids is 3. The topological polar surface area (TPSA) is 95.8 Å². The Morgan fingerprint density at radius 3 is 2.52 bits per heavy atom. The standard InChI is InChI=1S/C13H18N4O4/c1-9(18)16-3-4-17(7-10(6-16)12(19)14-2)13(20)11-5-15-8-21-11/h5,8,10H,3-4,6-7H2,1-2H3,(H,14,19)/t10-/m0/s1. The molecule has 0 aromatic carbocycles. The predicted molar refractivity (Wildman–Crippen MR) is 72.2 cm³/mol. The maximum atomic E-state index is 12.3. The molecule has 1 N–H and O–H groups in total. The maximum absolute atomic E-state index is 12.3. The summed E-state index contributed by atoms with van der Waals surface area (Å²) >= 11 is 0. The second-order valence-corrected chi connectivity index (χ2v) is 4.89. The molecule has 1 fully saturated rings. The van der Waals surface area contributed by atoms with Crippen molar-refractivity contribution >= 4 is 17.7 Å². The highest BCUT2D eigenvalue weighted by Crippen LogP contribution is 2.13. The van der Waals surface area contributed by atoms with Gasteiger partial charge in [0.05, 0.1) is 12.1 Å². The van der Waals surface area contributed by atoms with E-state index in [0.717, 1.165) is 0 Å². The number of rotatable bonds is 2. The average molecular weight is 294 g/mol. The normalized spacial score (nSPS) is 19.0. The van der Waals surface area contributed by atoms with Crippen LogP contribution in [0.1, 0.15) is 17.5 Å². The van der Waals surface area contributed by atoms with Crippen LogP contribution in [0.5, 0.6) is 0 Å². The summed E-state index contributed by atoms with van der Waals surface area (Å²) in [7, 11) is 1.54. The number of amides is 3. The molecule has 0 radical (unpaired) electrons. The SMILES string of the molecule is CNC(=O)[C@H]1CN(C(C)=O)CCN(C(=O)c2cnco2)C1. The summed E-state index contributed by atoms with van der Waals surface area (Å²) in [6, 6.07) is 0. The van der Waals surface area contributed by atoms with Crippen molar-refractivity contribution in [3.63, 3.8) is 0 Å². The summed E-state index contributed by atoms with van der Waals surface area (Å²) in [5, 5.41) is 2.57. The van der Waals surface area contributed by atoms with Crippen molar-refractivity contribution in [1.29, 1.82) is 0 Å². The van der Waals surface area contributed by atoms with Crippen molar-refractivity contribution in [2.75, 3.05) is 33.2 Å². The van der Waals surface area contributed by atoms with E-state index in [4.69, 9.17) is 4.42 Å². The van der Waals surface area contributed by atoms with Gasteiger partial charge in [-0.1, -0.05) is 0 Å². The van der Waals surface area contributed by atoms with E-state index in [0.29, 0.717) is 19.6 Å². The zero-order chi connectivity index (χ0) is 15.4. The van der Waals surface area contributed by atoms with Crippen molar-refractivity contribution in [3.8, 4) is 0 Å². The molecule has 0 bridgehead atoms. The lowest BCUT2D eigenvalue weighted by atomic mass is 10.1. The quantitative estimate of drug-likeness (QED) is 0.781. The van der Waals surface area contributed by atoms with Crippen LogP contribution in [0, 0.1) is 5.92 Å². The molecule has 1 aromatic heterocycles. The van der Waals surface area contributed by atoms with Crippen molar-refractivity contribution < 1.29 is 18.8 Å². The van der Waals surface area contributed by atoms with E-state index in [2.05, 4.69) is 10.3 Å². The largest absolute Gasteiger partial charge is 0.438 e. The molecule has 1 saturated heterocycles. The van der Waals surface area contributed by atoms with Gasteiger partial charge in [0.15, 0.2) is 6.39 Å². The minimum atomic E-state index is -0.465. The van der Waals surface area contributed by atoms with Gasteiger partial charge in [-0.25, -0.2) is 4.98 Å². The molecule has 21 heavy (non-hydrogen) atoms. The minimum Gasteiger partial charge on any atom is -0.438 e. The van der Waals surface area contributed by atoms with Gasteiger partial charge in [-0.3, -0.25) is 14.4 Å². The van der Waals surface area contributed by atoms with Gasteiger partial charge in [-0.15, -0.1) is 0 Å². The third-order valence-electron chi connectivity index (χ3n) is 3.51. The van der Waals surface area contributed by atoms with E-state index >= 15 is 0 Å². The van der Waals surface area contributed by atoms with Gasteiger partial charge in [0.2, 0.25) is 17.6 Å². The monoisotopic (exact) mass is 294 g/mol. The van der Waals surface area contributed by atoms with E-state index in [1.807, 2.05) is 0 Å². The van der Waals surface area contributed by atoms with Gasteiger partial charge in [0.1, 0.15) is 0 Å². The lowest BCUT2D eigenvalue weighted by Crippen LogP contribution is -2.42. The Kier molecular flexibility index (Phi) is 4.56. The van der Waals surface area contributed by atoms with E-state index in [9.17, 15) is 14.4 Å². The molecule has 1 aliphatic rings. The fourth-order valence-corrected chi connectivity index (χ4v) is 2.33. The summed E-state index contributed by atoms with van der Waals surface area (Å²) in [6.07, 6.45) is 2.52. The smallest absolute Gasteiger partial charge is 0.291 e. The Morgan fingerprint density at radius 2 is 1.95 bits per heavy atom. The molecule has 0 spiro atoms. The maximum Gasteiger partial charge on any atom is 0.291 e. The molecule has 0 saturated carbocycles. The van der Waals surface area contributed by atoms with Gasteiger partial charge in [-0.05, 0) is 0 Å². The van der Waals surface area contributed by atoms with Crippen LogP contribution in [0.3, 0.4) is 0 Å². The zero-order valence-corrected chi connectivity index (χ0v) is 12.0. The van der Waals surface area contributed by atoms with Crippen LogP contribution < -0.4 is 5.32 Å². The van der Waals surface area contributed by atoms with E-state index in [1.54, 1.807) is 4.90 Å². The second-order valence-electron chi connectivity index (χ2n) is 4.89. The molecule has 2 heterocycles. The van der Waals surface area contributed by atoms with Crippen LogP contribution in [0.15, 0.2) is 17.0 Å². The van der Waals surface area contributed by atoms with Gasteiger partial charge in [0, 0.05) is 40.2 Å². The first-order chi connectivity index (χ1) is 10.0. The number of hydrogen-bond acceptors (Lipinski definition) is 5. The Bertz CT molecular complexity index is 528. The number of hydrogen-bond donors (Lipinski definition) is 1. The van der Waals surface area contributed by atoms with Crippen LogP contribution in [0.2, 0.25) is 0 Å². The number of nitrogens with zero attached hydrogens (tertiary/aromatic N) is 3. The molecule has 114 valence electrons. The van der Waals surface area contributed by atoms with Crippen molar-refractivity contribution in [3.05, 3.63) is 18.4 Å². The molecule has 8 nitrogen and oxygen atoms in total. The van der Waals surface area contributed by atoms with E-state index < -0.39 is 5.92 Å². The van der Waals surface area contributed by atoms with Crippen LogP contribution in [0.4, 0.5) is 0 Å². The van der Waals surface area contributed by atoms with Crippen LogP contribution in [-0.4, -0.2) is 65.7 Å². The number of aromatic nitrogens is 1. The highest BCUT2D eigenvalue weighted by molar-refractivity contribution is 5.91. The lowest BCUT2D eigenvalue weighted by molar-refractivity contribution is -0.130. The van der Waals surface area contributed by atoms with Crippen LogP contribution in [0.25, 0.3) is 0 Å². The molecule has 3 amide bonds. The third-order valence-corrected chi connectivity index (χ3v) is 3.51. The predicted octanol–water partition coefficient (Wildman–Crippen LogP) is -0.659. The summed E-state index contributed by atoms with van der Waals surface area (Å²) in [6.45, 7) is 2.74. The fraction of sp³-hybridized carbons (Fsp3) is 0.538. The highest BCUT2D eigenvalue weighted by Gasteiger charge is 2.31. The van der Waals surface area contributed by atoms with Crippen LogP contribution in [-0.2, 0) is 9.59 Å².